The van der Waals surface area contributed by atoms with Crippen LogP contribution in [0.3, 0.4) is 0 Å². The third-order valence-electron chi connectivity index (χ3n) is 4.61. The summed E-state index contributed by atoms with van der Waals surface area (Å²) >= 11 is 0. The minimum atomic E-state index is 0.797. The van der Waals surface area contributed by atoms with Gasteiger partial charge in [-0.1, -0.05) is 84.9 Å². The molecule has 0 aliphatic rings. The molecule has 1 aromatic heterocycles. The molecule has 0 fully saturated rings. The molecular weight excluding hydrogens is 316 g/mol. The van der Waals surface area contributed by atoms with E-state index in [4.69, 9.17) is 5.10 Å². The first-order chi connectivity index (χ1) is 12.8. The average molecular weight is 338 g/mol. The lowest BCUT2D eigenvalue weighted by atomic mass is 10.0. The fourth-order valence-electron chi connectivity index (χ4n) is 3.29. The van der Waals surface area contributed by atoms with E-state index in [9.17, 15) is 0 Å². The lowest BCUT2D eigenvalue weighted by Gasteiger charge is -2.09. The molecule has 2 nitrogen and oxygen atoms in total. The summed E-state index contributed by atoms with van der Waals surface area (Å²) in [6, 6.07) is 32.0. The summed E-state index contributed by atoms with van der Waals surface area (Å²) in [4.78, 5) is 0. The first-order valence-corrected chi connectivity index (χ1v) is 8.99. The van der Waals surface area contributed by atoms with E-state index >= 15 is 0 Å². The van der Waals surface area contributed by atoms with Crippen LogP contribution in [0, 0.1) is 6.92 Å². The molecule has 0 bridgehead atoms. The Bertz CT molecular complexity index is 968. The van der Waals surface area contributed by atoms with Crippen LogP contribution in [0.25, 0.3) is 11.1 Å². The zero-order chi connectivity index (χ0) is 17.8. The van der Waals surface area contributed by atoms with E-state index in [1.807, 2.05) is 6.07 Å². The van der Waals surface area contributed by atoms with Crippen LogP contribution in [-0.4, -0.2) is 9.78 Å². The molecule has 0 unspecified atom stereocenters. The van der Waals surface area contributed by atoms with Crippen LogP contribution in [0.1, 0.15) is 22.5 Å². The van der Waals surface area contributed by atoms with Gasteiger partial charge < -0.3 is 0 Å². The Morgan fingerprint density at radius 2 is 1.31 bits per heavy atom. The van der Waals surface area contributed by atoms with Crippen molar-refractivity contribution < 1.29 is 0 Å². The Kier molecular flexibility index (Phi) is 4.65. The van der Waals surface area contributed by atoms with E-state index < -0.39 is 0 Å². The topological polar surface area (TPSA) is 17.8 Å². The Morgan fingerprint density at radius 3 is 2.00 bits per heavy atom. The molecule has 0 amide bonds. The van der Waals surface area contributed by atoms with Crippen molar-refractivity contribution in [1.82, 2.24) is 9.78 Å². The van der Waals surface area contributed by atoms with Crippen molar-refractivity contribution in [3.63, 3.8) is 0 Å². The predicted molar refractivity (Wildman–Crippen MR) is 107 cm³/mol. The fourth-order valence-corrected chi connectivity index (χ4v) is 3.29. The number of aromatic nitrogens is 2. The normalized spacial score (nSPS) is 10.8. The van der Waals surface area contributed by atoms with Crippen molar-refractivity contribution in [3.05, 3.63) is 114 Å². The second-order valence-corrected chi connectivity index (χ2v) is 6.66. The van der Waals surface area contributed by atoms with E-state index in [2.05, 4.69) is 96.5 Å². The van der Waals surface area contributed by atoms with Crippen LogP contribution in [0.4, 0.5) is 0 Å². The second kappa shape index (κ2) is 7.40. The molecule has 1 heterocycles. The van der Waals surface area contributed by atoms with Crippen LogP contribution in [-0.2, 0) is 13.0 Å². The van der Waals surface area contributed by atoms with Crippen LogP contribution in [0.2, 0.25) is 0 Å². The van der Waals surface area contributed by atoms with Gasteiger partial charge in [-0.15, -0.1) is 0 Å². The van der Waals surface area contributed by atoms with E-state index in [0.29, 0.717) is 0 Å². The van der Waals surface area contributed by atoms with Crippen molar-refractivity contribution >= 4 is 0 Å². The quantitative estimate of drug-likeness (QED) is 0.470. The molecule has 0 saturated carbocycles. The maximum atomic E-state index is 4.70. The highest BCUT2D eigenvalue weighted by Crippen LogP contribution is 2.20. The van der Waals surface area contributed by atoms with Gasteiger partial charge >= 0.3 is 0 Å². The monoisotopic (exact) mass is 338 g/mol. The number of hydrogen-bond acceptors (Lipinski definition) is 1. The first-order valence-electron chi connectivity index (χ1n) is 8.99. The molecule has 2 heteroatoms. The Labute approximate surface area is 154 Å². The summed E-state index contributed by atoms with van der Waals surface area (Å²) in [6.07, 6.45) is 0.907. The maximum Gasteiger partial charge on any atom is 0.0662 e. The van der Waals surface area contributed by atoms with Gasteiger partial charge in [-0.25, -0.2) is 0 Å². The number of rotatable bonds is 5. The first kappa shape index (κ1) is 16.3. The molecule has 0 spiro atoms. The van der Waals surface area contributed by atoms with Crippen LogP contribution < -0.4 is 0 Å². The van der Waals surface area contributed by atoms with Gasteiger partial charge in [0, 0.05) is 12.1 Å². The third-order valence-corrected chi connectivity index (χ3v) is 4.61. The summed E-state index contributed by atoms with van der Waals surface area (Å²) in [5.41, 5.74) is 7.39. The van der Waals surface area contributed by atoms with Crippen LogP contribution in [0.15, 0.2) is 91.0 Å². The number of benzene rings is 3. The molecular formula is C24H22N2. The van der Waals surface area contributed by atoms with E-state index in [-0.39, 0.29) is 0 Å². The Morgan fingerprint density at radius 1 is 0.692 bits per heavy atom. The van der Waals surface area contributed by atoms with Crippen LogP contribution >= 0.6 is 0 Å². The molecule has 0 radical (unpaired) electrons. The average Bonchev–Trinajstić information content (AvgIpc) is 3.02. The van der Waals surface area contributed by atoms with Gasteiger partial charge in [-0.3, -0.25) is 4.68 Å². The Balaban J connectivity index is 1.54. The lowest BCUT2D eigenvalue weighted by Crippen LogP contribution is -2.07. The fraction of sp³-hybridized carbons (Fsp3) is 0.125. The van der Waals surface area contributed by atoms with Gasteiger partial charge in [0.05, 0.1) is 12.2 Å². The molecule has 0 aliphatic carbocycles. The largest absolute Gasteiger partial charge is 0.265 e. The zero-order valence-corrected chi connectivity index (χ0v) is 15.0. The molecule has 128 valence electrons. The lowest BCUT2D eigenvalue weighted by molar-refractivity contribution is 0.648. The van der Waals surface area contributed by atoms with Crippen molar-refractivity contribution in [2.45, 2.75) is 19.9 Å². The molecule has 0 saturated heterocycles. The standard InChI is InChI=1S/C24H22N2/c1-19-16-24(17-20-8-4-2-5-9-20)26(25-19)18-21-12-14-23(15-13-21)22-10-6-3-7-11-22/h2-16H,17-18H2,1H3. The predicted octanol–water partition coefficient (Wildman–Crippen LogP) is 5.50. The van der Waals surface area contributed by atoms with Crippen molar-refractivity contribution in [2.75, 3.05) is 0 Å². The van der Waals surface area contributed by atoms with Crippen LogP contribution in [0.5, 0.6) is 0 Å². The zero-order valence-electron chi connectivity index (χ0n) is 15.0. The van der Waals surface area contributed by atoms with Gasteiger partial charge in [-0.05, 0) is 35.2 Å². The van der Waals surface area contributed by atoms with Crippen molar-refractivity contribution in [2.24, 2.45) is 0 Å². The van der Waals surface area contributed by atoms with Gasteiger partial charge in [0.15, 0.2) is 0 Å². The highest BCUT2D eigenvalue weighted by Gasteiger charge is 2.07. The second-order valence-electron chi connectivity index (χ2n) is 6.66. The summed E-state index contributed by atoms with van der Waals surface area (Å²) in [6.45, 7) is 2.86. The molecule has 0 N–H and O–H groups in total. The van der Waals surface area contributed by atoms with Gasteiger partial charge in [0.1, 0.15) is 0 Å². The summed E-state index contributed by atoms with van der Waals surface area (Å²) in [5.74, 6) is 0. The van der Waals surface area contributed by atoms with E-state index in [0.717, 1.165) is 18.7 Å². The highest BCUT2D eigenvalue weighted by atomic mass is 15.3. The maximum absolute atomic E-state index is 4.70. The molecule has 4 rings (SSSR count). The summed E-state index contributed by atoms with van der Waals surface area (Å²) < 4.78 is 2.12. The molecule has 0 aliphatic heterocycles. The highest BCUT2D eigenvalue weighted by molar-refractivity contribution is 5.63. The van der Waals surface area contributed by atoms with Crippen molar-refractivity contribution in [3.8, 4) is 11.1 Å². The smallest absolute Gasteiger partial charge is 0.0662 e. The summed E-state index contributed by atoms with van der Waals surface area (Å²) in [5, 5.41) is 4.70. The summed E-state index contributed by atoms with van der Waals surface area (Å²) in [7, 11) is 0. The minimum absolute atomic E-state index is 0.797. The molecule has 0 atom stereocenters. The van der Waals surface area contributed by atoms with Gasteiger partial charge in [0.2, 0.25) is 0 Å². The molecule has 4 aromatic rings. The van der Waals surface area contributed by atoms with Crippen molar-refractivity contribution in [1.29, 1.82) is 0 Å². The number of nitrogens with zero attached hydrogens (tertiary/aromatic N) is 2. The van der Waals surface area contributed by atoms with Gasteiger partial charge in [0.25, 0.3) is 0 Å². The molecule has 3 aromatic carbocycles. The number of aryl methyl sites for hydroxylation is 1. The third kappa shape index (κ3) is 3.75. The van der Waals surface area contributed by atoms with E-state index in [1.54, 1.807) is 0 Å². The SMILES string of the molecule is Cc1cc(Cc2ccccc2)n(Cc2ccc(-c3ccccc3)cc2)n1. The van der Waals surface area contributed by atoms with E-state index in [1.165, 1.54) is 27.9 Å². The molecule has 26 heavy (non-hydrogen) atoms. The minimum Gasteiger partial charge on any atom is -0.265 e. The Hall–Kier alpha value is -3.13. The van der Waals surface area contributed by atoms with Gasteiger partial charge in [-0.2, -0.15) is 5.10 Å². The number of hydrogen-bond donors (Lipinski definition) is 0.